The van der Waals surface area contributed by atoms with E-state index < -0.39 is 5.97 Å². The fourth-order valence-electron chi connectivity index (χ4n) is 2.01. The minimum absolute atomic E-state index is 0.304. The number of hydrogen-bond acceptors (Lipinski definition) is 2. The van der Waals surface area contributed by atoms with Crippen LogP contribution in [0.3, 0.4) is 0 Å². The zero-order valence-electron chi connectivity index (χ0n) is 8.95. The molecule has 0 aliphatic carbocycles. The number of carboxylic acids is 1. The summed E-state index contributed by atoms with van der Waals surface area (Å²) in [5.41, 5.74) is 1.21. The molecule has 86 valence electrons. The van der Waals surface area contributed by atoms with Gasteiger partial charge in [-0.15, -0.1) is 0 Å². The Balaban J connectivity index is 2.17. The number of aromatic carboxylic acids is 1. The maximum Gasteiger partial charge on any atom is 0.335 e. The van der Waals surface area contributed by atoms with Crippen molar-refractivity contribution in [3.05, 3.63) is 34.3 Å². The van der Waals surface area contributed by atoms with Crippen molar-refractivity contribution >= 4 is 17.6 Å². The molecule has 1 N–H and O–H groups in total. The summed E-state index contributed by atoms with van der Waals surface area (Å²) in [6.07, 6.45) is 2.44. The average Bonchev–Trinajstić information content (AvgIpc) is 2.73. The highest BCUT2D eigenvalue weighted by Gasteiger charge is 2.14. The van der Waals surface area contributed by atoms with Gasteiger partial charge >= 0.3 is 5.97 Å². The van der Waals surface area contributed by atoms with Crippen molar-refractivity contribution in [2.45, 2.75) is 19.4 Å². The van der Waals surface area contributed by atoms with Crippen LogP contribution in [0, 0.1) is 0 Å². The van der Waals surface area contributed by atoms with E-state index in [1.165, 1.54) is 18.9 Å². The van der Waals surface area contributed by atoms with Crippen LogP contribution in [0.15, 0.2) is 18.2 Å². The van der Waals surface area contributed by atoms with E-state index in [0.717, 1.165) is 25.2 Å². The Hall–Kier alpha value is -1.06. The van der Waals surface area contributed by atoms with Gasteiger partial charge in [-0.1, -0.05) is 11.6 Å². The van der Waals surface area contributed by atoms with Gasteiger partial charge in [-0.3, -0.25) is 4.90 Å². The van der Waals surface area contributed by atoms with Gasteiger partial charge in [-0.25, -0.2) is 4.79 Å². The molecule has 1 aromatic carbocycles. The molecule has 0 unspecified atom stereocenters. The third-order valence-corrected chi connectivity index (χ3v) is 3.25. The zero-order valence-corrected chi connectivity index (χ0v) is 9.70. The zero-order chi connectivity index (χ0) is 11.5. The molecular weight excluding hydrogens is 226 g/mol. The van der Waals surface area contributed by atoms with Gasteiger partial charge in [0.2, 0.25) is 0 Å². The minimum atomic E-state index is -0.903. The molecule has 0 radical (unpaired) electrons. The van der Waals surface area contributed by atoms with E-state index in [0.29, 0.717) is 10.6 Å². The second kappa shape index (κ2) is 4.85. The summed E-state index contributed by atoms with van der Waals surface area (Å²) in [7, 11) is 0. The first-order valence-electron chi connectivity index (χ1n) is 5.41. The molecule has 0 amide bonds. The molecule has 0 atom stereocenters. The SMILES string of the molecule is O=C(O)c1ccc(Cl)c(CN2CCCC2)c1. The molecule has 4 heteroatoms. The molecule has 1 heterocycles. The molecule has 3 nitrogen and oxygen atoms in total. The molecule has 1 fully saturated rings. The lowest BCUT2D eigenvalue weighted by Crippen LogP contribution is -2.18. The van der Waals surface area contributed by atoms with Crippen LogP contribution in [0.25, 0.3) is 0 Å². The predicted molar refractivity (Wildman–Crippen MR) is 62.9 cm³/mol. The Morgan fingerprint density at radius 1 is 1.38 bits per heavy atom. The van der Waals surface area contributed by atoms with Crippen LogP contribution in [0.1, 0.15) is 28.8 Å². The predicted octanol–water partition coefficient (Wildman–Crippen LogP) is 2.63. The van der Waals surface area contributed by atoms with Crippen LogP contribution >= 0.6 is 11.6 Å². The number of likely N-dealkylation sites (tertiary alicyclic amines) is 1. The standard InChI is InChI=1S/C12H14ClNO2/c13-11-4-3-9(12(15)16)7-10(11)8-14-5-1-2-6-14/h3-4,7H,1-2,5-6,8H2,(H,15,16). The number of carboxylic acid groups (broad SMARTS) is 1. The molecule has 0 aromatic heterocycles. The largest absolute Gasteiger partial charge is 0.478 e. The van der Waals surface area contributed by atoms with E-state index in [4.69, 9.17) is 16.7 Å². The van der Waals surface area contributed by atoms with Gasteiger partial charge in [0.25, 0.3) is 0 Å². The quantitative estimate of drug-likeness (QED) is 0.882. The summed E-state index contributed by atoms with van der Waals surface area (Å²) in [6.45, 7) is 2.90. The second-order valence-corrected chi connectivity index (χ2v) is 4.50. The van der Waals surface area contributed by atoms with Crippen LogP contribution in [-0.2, 0) is 6.54 Å². The Morgan fingerprint density at radius 3 is 2.69 bits per heavy atom. The van der Waals surface area contributed by atoms with Gasteiger partial charge in [-0.2, -0.15) is 0 Å². The molecular formula is C12H14ClNO2. The van der Waals surface area contributed by atoms with Gasteiger partial charge in [0.1, 0.15) is 0 Å². The van der Waals surface area contributed by atoms with Crippen molar-refractivity contribution in [3.63, 3.8) is 0 Å². The topological polar surface area (TPSA) is 40.5 Å². The summed E-state index contributed by atoms with van der Waals surface area (Å²) in [5.74, 6) is -0.903. The normalized spacial score (nSPS) is 16.6. The average molecular weight is 240 g/mol. The summed E-state index contributed by atoms with van der Waals surface area (Å²) in [6, 6.07) is 4.87. The number of halogens is 1. The number of carbonyl (C=O) groups is 1. The lowest BCUT2D eigenvalue weighted by atomic mass is 10.1. The first-order chi connectivity index (χ1) is 7.66. The van der Waals surface area contributed by atoms with Crippen molar-refractivity contribution in [2.24, 2.45) is 0 Å². The summed E-state index contributed by atoms with van der Waals surface area (Å²) in [4.78, 5) is 13.1. The molecule has 0 spiro atoms. The van der Waals surface area contributed by atoms with Crippen molar-refractivity contribution in [3.8, 4) is 0 Å². The number of nitrogens with zero attached hydrogens (tertiary/aromatic N) is 1. The number of hydrogen-bond donors (Lipinski definition) is 1. The van der Waals surface area contributed by atoms with Crippen molar-refractivity contribution in [2.75, 3.05) is 13.1 Å². The van der Waals surface area contributed by atoms with Crippen molar-refractivity contribution in [1.29, 1.82) is 0 Å². The van der Waals surface area contributed by atoms with E-state index in [1.54, 1.807) is 12.1 Å². The maximum atomic E-state index is 10.8. The van der Waals surface area contributed by atoms with Crippen LogP contribution in [0.2, 0.25) is 5.02 Å². The molecule has 0 bridgehead atoms. The number of benzene rings is 1. The monoisotopic (exact) mass is 239 g/mol. The minimum Gasteiger partial charge on any atom is -0.478 e. The van der Waals surface area contributed by atoms with E-state index >= 15 is 0 Å². The van der Waals surface area contributed by atoms with Crippen LogP contribution in [0.5, 0.6) is 0 Å². The smallest absolute Gasteiger partial charge is 0.335 e. The molecule has 1 aromatic rings. The van der Waals surface area contributed by atoms with E-state index in [9.17, 15) is 4.79 Å². The Kier molecular flexibility index (Phi) is 3.46. The van der Waals surface area contributed by atoms with E-state index in [1.807, 2.05) is 0 Å². The summed E-state index contributed by atoms with van der Waals surface area (Å²) in [5, 5.41) is 9.55. The Bertz CT molecular complexity index is 400. The van der Waals surface area contributed by atoms with E-state index in [-0.39, 0.29) is 0 Å². The fraction of sp³-hybridized carbons (Fsp3) is 0.417. The van der Waals surface area contributed by atoms with Crippen molar-refractivity contribution in [1.82, 2.24) is 4.90 Å². The first-order valence-corrected chi connectivity index (χ1v) is 5.78. The molecule has 2 rings (SSSR count). The van der Waals surface area contributed by atoms with E-state index in [2.05, 4.69) is 4.90 Å². The highest BCUT2D eigenvalue weighted by Crippen LogP contribution is 2.21. The highest BCUT2D eigenvalue weighted by molar-refractivity contribution is 6.31. The lowest BCUT2D eigenvalue weighted by molar-refractivity contribution is 0.0696. The van der Waals surface area contributed by atoms with Gasteiger partial charge in [-0.05, 0) is 49.7 Å². The van der Waals surface area contributed by atoms with Gasteiger partial charge in [0.15, 0.2) is 0 Å². The Morgan fingerprint density at radius 2 is 2.06 bits per heavy atom. The lowest BCUT2D eigenvalue weighted by Gasteiger charge is -2.15. The summed E-state index contributed by atoms with van der Waals surface area (Å²) < 4.78 is 0. The fourth-order valence-corrected chi connectivity index (χ4v) is 2.19. The maximum absolute atomic E-state index is 10.8. The van der Waals surface area contributed by atoms with Gasteiger partial charge in [0.05, 0.1) is 5.56 Å². The first kappa shape index (κ1) is 11.4. The van der Waals surface area contributed by atoms with Crippen molar-refractivity contribution < 1.29 is 9.90 Å². The van der Waals surface area contributed by atoms with Crippen LogP contribution in [-0.4, -0.2) is 29.1 Å². The third kappa shape index (κ3) is 2.54. The number of rotatable bonds is 3. The Labute approximate surface area is 99.6 Å². The highest BCUT2D eigenvalue weighted by atomic mass is 35.5. The van der Waals surface area contributed by atoms with Gasteiger partial charge < -0.3 is 5.11 Å². The molecule has 0 saturated carbocycles. The molecule has 1 aliphatic rings. The van der Waals surface area contributed by atoms with Crippen LogP contribution < -0.4 is 0 Å². The second-order valence-electron chi connectivity index (χ2n) is 4.09. The summed E-state index contributed by atoms with van der Waals surface area (Å²) >= 11 is 6.06. The third-order valence-electron chi connectivity index (χ3n) is 2.89. The molecule has 1 saturated heterocycles. The van der Waals surface area contributed by atoms with Crippen LogP contribution in [0.4, 0.5) is 0 Å². The van der Waals surface area contributed by atoms with Gasteiger partial charge in [0, 0.05) is 11.6 Å². The molecule has 16 heavy (non-hydrogen) atoms. The molecule has 1 aliphatic heterocycles.